The van der Waals surface area contributed by atoms with E-state index < -0.39 is 17.7 Å². The van der Waals surface area contributed by atoms with Crippen LogP contribution in [0.3, 0.4) is 0 Å². The number of aryl methyl sites for hydroxylation is 3. The minimum absolute atomic E-state index is 0.0374. The Kier molecular flexibility index (Phi) is 5.21. The molecular formula is C27H24N2O4. The number of rotatable bonds is 3. The molecule has 1 atom stereocenters. The molecule has 6 nitrogen and oxygen atoms in total. The first-order valence-electron chi connectivity index (χ1n) is 11.0. The van der Waals surface area contributed by atoms with Gasteiger partial charge in [0.1, 0.15) is 17.6 Å². The zero-order valence-electron chi connectivity index (χ0n) is 18.5. The second-order valence-corrected chi connectivity index (χ2v) is 8.49. The lowest BCUT2D eigenvalue weighted by molar-refractivity contribution is -0.132. The van der Waals surface area contributed by atoms with E-state index in [4.69, 9.17) is 4.74 Å². The van der Waals surface area contributed by atoms with Gasteiger partial charge in [0, 0.05) is 17.4 Å². The van der Waals surface area contributed by atoms with Crippen LogP contribution in [0.15, 0.2) is 66.4 Å². The molecule has 0 spiro atoms. The smallest absolute Gasteiger partial charge is 0.300 e. The van der Waals surface area contributed by atoms with Crippen molar-refractivity contribution in [2.75, 3.05) is 11.5 Å². The molecule has 0 radical (unpaired) electrons. The van der Waals surface area contributed by atoms with E-state index in [0.717, 1.165) is 35.3 Å². The lowest BCUT2D eigenvalue weighted by Crippen LogP contribution is -2.30. The van der Waals surface area contributed by atoms with E-state index in [1.165, 1.54) is 4.90 Å². The third-order valence-electron chi connectivity index (χ3n) is 6.21. The van der Waals surface area contributed by atoms with Crippen molar-refractivity contribution >= 4 is 23.1 Å². The number of ketones is 1. The predicted octanol–water partition coefficient (Wildman–Crippen LogP) is 4.65. The minimum atomic E-state index is -0.833. The molecule has 0 aliphatic carbocycles. The Balaban J connectivity index is 1.70. The summed E-state index contributed by atoms with van der Waals surface area (Å²) in [4.78, 5) is 32.5. The van der Waals surface area contributed by atoms with E-state index in [0.29, 0.717) is 23.6 Å². The van der Waals surface area contributed by atoms with E-state index >= 15 is 0 Å². The molecule has 2 aliphatic heterocycles. The summed E-state index contributed by atoms with van der Waals surface area (Å²) < 4.78 is 5.67. The first-order chi connectivity index (χ1) is 16.0. The van der Waals surface area contributed by atoms with Crippen LogP contribution >= 0.6 is 0 Å². The van der Waals surface area contributed by atoms with E-state index in [9.17, 15) is 14.7 Å². The second kappa shape index (κ2) is 8.20. The molecular weight excluding hydrogens is 416 g/mol. The number of nitrogens with zero attached hydrogens (tertiary/aromatic N) is 2. The number of aromatic nitrogens is 1. The highest BCUT2D eigenvalue weighted by Gasteiger charge is 2.48. The quantitative estimate of drug-likeness (QED) is 0.364. The summed E-state index contributed by atoms with van der Waals surface area (Å²) in [7, 11) is 0. The fourth-order valence-corrected chi connectivity index (χ4v) is 4.64. The lowest BCUT2D eigenvalue weighted by atomic mass is 9.96. The molecule has 1 saturated heterocycles. The van der Waals surface area contributed by atoms with Crippen molar-refractivity contribution in [3.8, 4) is 5.75 Å². The maximum atomic E-state index is 13.3. The van der Waals surface area contributed by atoms with Crippen LogP contribution in [0.5, 0.6) is 5.75 Å². The average Bonchev–Trinajstić information content (AvgIpc) is 3.09. The summed E-state index contributed by atoms with van der Waals surface area (Å²) >= 11 is 0. The number of pyridine rings is 1. The van der Waals surface area contributed by atoms with Crippen LogP contribution in [0.25, 0.3) is 5.76 Å². The summed E-state index contributed by atoms with van der Waals surface area (Å²) in [6.07, 6.45) is 3.34. The molecule has 1 aromatic heterocycles. The Bertz CT molecular complexity index is 1300. The zero-order valence-corrected chi connectivity index (χ0v) is 18.5. The highest BCUT2D eigenvalue weighted by Crippen LogP contribution is 2.43. The fraction of sp³-hybridized carbons (Fsp3) is 0.222. The van der Waals surface area contributed by atoms with Crippen LogP contribution in [-0.4, -0.2) is 28.4 Å². The second-order valence-electron chi connectivity index (χ2n) is 8.49. The van der Waals surface area contributed by atoms with Crippen LogP contribution in [0, 0.1) is 13.8 Å². The van der Waals surface area contributed by atoms with E-state index in [1.807, 2.05) is 38.1 Å². The van der Waals surface area contributed by atoms with Crippen molar-refractivity contribution in [3.63, 3.8) is 0 Å². The molecule has 5 rings (SSSR count). The Labute approximate surface area is 192 Å². The number of Topliss-reactive ketones (excluding diaryl/α,β-unsaturated/α-hetero) is 1. The molecule has 1 unspecified atom stereocenters. The highest BCUT2D eigenvalue weighted by molar-refractivity contribution is 6.51. The van der Waals surface area contributed by atoms with Crippen molar-refractivity contribution in [1.82, 2.24) is 4.98 Å². The van der Waals surface area contributed by atoms with Crippen LogP contribution in [-0.2, 0) is 16.0 Å². The van der Waals surface area contributed by atoms with Crippen LogP contribution in [0.1, 0.15) is 40.4 Å². The molecule has 1 N–H and O–H groups in total. The topological polar surface area (TPSA) is 79.7 Å². The number of hydrogen-bond donors (Lipinski definition) is 1. The molecule has 3 aromatic rings. The number of aliphatic hydroxyl groups excluding tert-OH is 1. The van der Waals surface area contributed by atoms with E-state index in [2.05, 4.69) is 4.98 Å². The van der Waals surface area contributed by atoms with Crippen molar-refractivity contribution in [1.29, 1.82) is 0 Å². The van der Waals surface area contributed by atoms with Crippen LogP contribution in [0.4, 0.5) is 5.69 Å². The van der Waals surface area contributed by atoms with Gasteiger partial charge in [-0.15, -0.1) is 0 Å². The number of hydrogen-bond acceptors (Lipinski definition) is 5. The molecule has 2 aromatic carbocycles. The Morgan fingerprint density at radius 2 is 1.94 bits per heavy atom. The normalized spacial score (nSPS) is 19.3. The number of amides is 1. The van der Waals surface area contributed by atoms with Crippen molar-refractivity contribution in [2.24, 2.45) is 0 Å². The van der Waals surface area contributed by atoms with Gasteiger partial charge < -0.3 is 9.84 Å². The molecule has 1 amide bonds. The van der Waals surface area contributed by atoms with Gasteiger partial charge in [0.05, 0.1) is 17.9 Å². The van der Waals surface area contributed by atoms with Gasteiger partial charge >= 0.3 is 0 Å². The third kappa shape index (κ3) is 3.57. The summed E-state index contributed by atoms with van der Waals surface area (Å²) in [6.45, 7) is 4.54. The molecule has 33 heavy (non-hydrogen) atoms. The summed E-state index contributed by atoms with van der Waals surface area (Å²) in [5.41, 5.74) is 4.55. The van der Waals surface area contributed by atoms with Gasteiger partial charge in [-0.1, -0.05) is 23.8 Å². The SMILES string of the molecule is Cc1ccc(N2C(=O)C(=O)/C(=C(\O)c3ccc4c(c3)CCCO4)C2c2ccccn2)c(C)c1. The number of benzene rings is 2. The van der Waals surface area contributed by atoms with E-state index in [-0.39, 0.29) is 11.3 Å². The number of anilines is 1. The van der Waals surface area contributed by atoms with Gasteiger partial charge in [0.25, 0.3) is 11.7 Å². The molecule has 166 valence electrons. The van der Waals surface area contributed by atoms with Crippen molar-refractivity contribution in [3.05, 3.63) is 94.3 Å². The van der Waals surface area contributed by atoms with Crippen molar-refractivity contribution < 1.29 is 19.4 Å². The fourth-order valence-electron chi connectivity index (χ4n) is 4.64. The zero-order chi connectivity index (χ0) is 23.1. The number of carbonyl (C=O) groups is 2. The van der Waals surface area contributed by atoms with Gasteiger partial charge in [0.15, 0.2) is 0 Å². The Morgan fingerprint density at radius 1 is 1.09 bits per heavy atom. The van der Waals surface area contributed by atoms with Crippen molar-refractivity contribution in [2.45, 2.75) is 32.7 Å². The number of carbonyl (C=O) groups excluding carboxylic acids is 2. The van der Waals surface area contributed by atoms with Gasteiger partial charge in [-0.3, -0.25) is 19.5 Å². The maximum Gasteiger partial charge on any atom is 0.300 e. The minimum Gasteiger partial charge on any atom is -0.507 e. The molecule has 1 fully saturated rings. The third-order valence-corrected chi connectivity index (χ3v) is 6.21. The standard InChI is InChI=1S/C27H24N2O4/c1-16-8-10-21(17(2)14-16)29-24(20-7-3-4-12-28-20)23(26(31)27(29)32)25(30)19-9-11-22-18(15-19)6-5-13-33-22/h3-4,7-12,14-15,24,30H,5-6,13H2,1-2H3/b25-23-. The van der Waals surface area contributed by atoms with Gasteiger partial charge in [-0.05, 0) is 74.2 Å². The highest BCUT2D eigenvalue weighted by atomic mass is 16.5. The summed E-state index contributed by atoms with van der Waals surface area (Å²) in [5.74, 6) is -0.822. The summed E-state index contributed by atoms with van der Waals surface area (Å²) in [6, 6.07) is 15.6. The lowest BCUT2D eigenvalue weighted by Gasteiger charge is -2.26. The monoisotopic (exact) mass is 440 g/mol. The number of fused-ring (bicyclic) bond motifs is 1. The van der Waals surface area contributed by atoms with Gasteiger partial charge in [0.2, 0.25) is 0 Å². The predicted molar refractivity (Wildman–Crippen MR) is 125 cm³/mol. The number of aliphatic hydroxyl groups is 1. The maximum absolute atomic E-state index is 13.3. The van der Waals surface area contributed by atoms with Gasteiger partial charge in [-0.2, -0.15) is 0 Å². The Hall–Kier alpha value is -3.93. The van der Waals surface area contributed by atoms with E-state index in [1.54, 1.807) is 36.5 Å². The molecule has 0 bridgehead atoms. The molecule has 6 heteroatoms. The molecule has 3 heterocycles. The molecule has 2 aliphatic rings. The largest absolute Gasteiger partial charge is 0.507 e. The number of ether oxygens (including phenoxy) is 1. The first kappa shape index (κ1) is 20.9. The van der Waals surface area contributed by atoms with Crippen LogP contribution in [0.2, 0.25) is 0 Å². The van der Waals surface area contributed by atoms with Gasteiger partial charge in [-0.25, -0.2) is 0 Å². The summed E-state index contributed by atoms with van der Waals surface area (Å²) in [5, 5.41) is 11.3. The first-order valence-corrected chi connectivity index (χ1v) is 11.0. The average molecular weight is 440 g/mol. The molecule has 0 saturated carbocycles. The van der Waals surface area contributed by atoms with Crippen LogP contribution < -0.4 is 9.64 Å². The Morgan fingerprint density at radius 3 is 2.70 bits per heavy atom.